The van der Waals surface area contributed by atoms with Crippen molar-refractivity contribution in [1.29, 1.82) is 0 Å². The van der Waals surface area contributed by atoms with Crippen molar-refractivity contribution in [2.24, 2.45) is 0 Å². The lowest BCUT2D eigenvalue weighted by molar-refractivity contribution is -0.137. The van der Waals surface area contributed by atoms with Gasteiger partial charge in [0.2, 0.25) is 0 Å². The molecule has 0 bridgehead atoms. The van der Waals surface area contributed by atoms with Crippen LogP contribution in [-0.2, 0) is 9.53 Å². The molecule has 0 aromatic carbocycles. The van der Waals surface area contributed by atoms with E-state index >= 15 is 0 Å². The van der Waals surface area contributed by atoms with Gasteiger partial charge in [0.15, 0.2) is 0 Å². The molecule has 0 aliphatic heterocycles. The van der Waals surface area contributed by atoms with Crippen LogP contribution in [0.1, 0.15) is 19.8 Å². The van der Waals surface area contributed by atoms with Crippen molar-refractivity contribution in [2.45, 2.75) is 19.8 Å². The molecule has 3 nitrogen and oxygen atoms in total. The molecule has 0 aromatic rings. The molecule has 56 valence electrons. The normalized spacial score (nSPS) is 7.80. The summed E-state index contributed by atoms with van der Waals surface area (Å²) in [5, 5.41) is 8.24. The smallest absolute Gasteiger partial charge is 0.322 e. The highest BCUT2D eigenvalue weighted by atomic mass is 16.5. The zero-order chi connectivity index (χ0) is 7.82. The van der Waals surface area contributed by atoms with E-state index in [1.807, 2.05) is 6.92 Å². The summed E-state index contributed by atoms with van der Waals surface area (Å²) in [6.07, 6.45) is 2.88. The van der Waals surface area contributed by atoms with Crippen LogP contribution in [0, 0.1) is 12.0 Å². The van der Waals surface area contributed by atoms with E-state index in [2.05, 4.69) is 16.8 Å². The Morgan fingerprint density at radius 1 is 1.70 bits per heavy atom. The second-order valence-corrected chi connectivity index (χ2v) is 1.58. The Kier molecular flexibility index (Phi) is 5.50. The topological polar surface area (TPSA) is 46.5 Å². The molecule has 0 unspecified atom stereocenters. The molecule has 0 aromatic heterocycles. The van der Waals surface area contributed by atoms with Crippen LogP contribution in [0.2, 0.25) is 0 Å². The third-order valence-electron chi connectivity index (χ3n) is 0.730. The fourth-order valence-electron chi connectivity index (χ4n) is 0.307. The minimum atomic E-state index is -0.483. The van der Waals surface area contributed by atoms with Crippen LogP contribution in [0.4, 0.5) is 0 Å². The Labute approximate surface area is 60.0 Å². The van der Waals surface area contributed by atoms with Crippen molar-refractivity contribution in [3.8, 4) is 12.0 Å². The third-order valence-corrected chi connectivity index (χ3v) is 0.730. The van der Waals surface area contributed by atoms with Gasteiger partial charge in [0, 0.05) is 6.42 Å². The monoisotopic (exact) mass is 142 g/mol. The van der Waals surface area contributed by atoms with Crippen molar-refractivity contribution in [3.05, 3.63) is 0 Å². The molecule has 0 aliphatic carbocycles. The van der Waals surface area contributed by atoms with E-state index in [1.165, 1.54) is 0 Å². The van der Waals surface area contributed by atoms with Gasteiger partial charge in [-0.15, -0.1) is 0 Å². The molecule has 0 radical (unpaired) electrons. The van der Waals surface area contributed by atoms with Crippen LogP contribution >= 0.6 is 0 Å². The molecule has 0 fully saturated rings. The molecule has 10 heavy (non-hydrogen) atoms. The van der Waals surface area contributed by atoms with Crippen molar-refractivity contribution in [3.63, 3.8) is 0 Å². The minimum absolute atomic E-state index is 0.0123. The van der Waals surface area contributed by atoms with Gasteiger partial charge in [-0.1, -0.05) is 12.8 Å². The molecule has 0 rings (SSSR count). The number of carbonyl (C=O) groups excluding carboxylic acids is 1. The number of esters is 1. The first kappa shape index (κ1) is 8.99. The third kappa shape index (κ3) is 5.13. The summed E-state index contributed by atoms with van der Waals surface area (Å²) in [6.45, 7) is 1.67. The lowest BCUT2D eigenvalue weighted by Crippen LogP contribution is -2.01. The number of hydrogen-bond donors (Lipinski definition) is 1. The number of carbonyl (C=O) groups is 1. The van der Waals surface area contributed by atoms with Gasteiger partial charge in [-0.05, 0) is 0 Å². The predicted molar refractivity (Wildman–Crippen MR) is 35.9 cm³/mol. The van der Waals surface area contributed by atoms with Crippen LogP contribution in [0.25, 0.3) is 0 Å². The number of aliphatic hydroxyl groups is 1. The number of ether oxygens (including phenoxy) is 1. The fourth-order valence-corrected chi connectivity index (χ4v) is 0.307. The van der Waals surface area contributed by atoms with Crippen LogP contribution in [-0.4, -0.2) is 17.7 Å². The summed E-state index contributed by atoms with van der Waals surface area (Å²) in [5.74, 6) is 2.08. The van der Waals surface area contributed by atoms with Crippen LogP contribution < -0.4 is 0 Å². The van der Waals surface area contributed by atoms with Crippen LogP contribution in [0.5, 0.6) is 0 Å². The number of hydrogen-bond acceptors (Lipinski definition) is 3. The first-order valence-electron chi connectivity index (χ1n) is 3.09. The average Bonchev–Trinajstić information content (AvgIpc) is 1.89. The maximum atomic E-state index is 10.4. The molecule has 0 spiro atoms. The second kappa shape index (κ2) is 6.12. The Morgan fingerprint density at radius 3 is 2.90 bits per heavy atom. The number of rotatable bonds is 2. The summed E-state index contributed by atoms with van der Waals surface area (Å²) >= 11 is 0. The van der Waals surface area contributed by atoms with Crippen molar-refractivity contribution < 1.29 is 14.6 Å². The van der Waals surface area contributed by atoms with Gasteiger partial charge in [0.25, 0.3) is 0 Å². The lowest BCUT2D eigenvalue weighted by Gasteiger charge is -1.89. The van der Waals surface area contributed by atoms with E-state index < -0.39 is 5.97 Å². The van der Waals surface area contributed by atoms with E-state index in [4.69, 9.17) is 5.11 Å². The van der Waals surface area contributed by atoms with E-state index in [0.717, 1.165) is 0 Å². The van der Waals surface area contributed by atoms with Crippen LogP contribution in [0.15, 0.2) is 0 Å². The van der Waals surface area contributed by atoms with Crippen molar-refractivity contribution in [2.75, 3.05) is 6.61 Å². The van der Waals surface area contributed by atoms with Crippen molar-refractivity contribution in [1.82, 2.24) is 0 Å². The Morgan fingerprint density at radius 2 is 2.40 bits per heavy atom. The van der Waals surface area contributed by atoms with Gasteiger partial charge < -0.3 is 9.84 Å². The highest BCUT2D eigenvalue weighted by Gasteiger charge is 1.96. The second-order valence-electron chi connectivity index (χ2n) is 1.58. The first-order valence-corrected chi connectivity index (χ1v) is 3.09. The zero-order valence-corrected chi connectivity index (χ0v) is 5.89. The largest absolute Gasteiger partial charge is 0.396 e. The fraction of sp³-hybridized carbons (Fsp3) is 0.571. The maximum Gasteiger partial charge on any atom is 0.322 e. The first-order chi connectivity index (χ1) is 4.81. The van der Waals surface area contributed by atoms with Crippen LogP contribution in [0.3, 0.4) is 0 Å². The summed E-state index contributed by atoms with van der Waals surface area (Å²) in [5.41, 5.74) is 0. The molecule has 0 saturated heterocycles. The minimum Gasteiger partial charge on any atom is -0.396 e. The van der Waals surface area contributed by atoms with E-state index in [1.54, 1.807) is 0 Å². The Balaban J connectivity index is 3.39. The predicted octanol–water partition coefficient (Wildman–Crippen LogP) is 0.283. The van der Waals surface area contributed by atoms with E-state index in [9.17, 15) is 4.79 Å². The highest BCUT2D eigenvalue weighted by molar-refractivity contribution is 5.70. The lowest BCUT2D eigenvalue weighted by atomic mass is 10.5. The average molecular weight is 142 g/mol. The highest BCUT2D eigenvalue weighted by Crippen LogP contribution is 1.82. The molecule has 0 heterocycles. The molecular formula is C7H10O3. The molecule has 0 saturated carbocycles. The van der Waals surface area contributed by atoms with Gasteiger partial charge in [-0.3, -0.25) is 4.79 Å². The van der Waals surface area contributed by atoms with E-state index in [0.29, 0.717) is 6.42 Å². The standard InChI is InChI=1S/C7H10O3/c1-2-3-6-10-7(9)4-5-8/h8H,2,4-5H2,1H3. The Hall–Kier alpha value is -1.01. The van der Waals surface area contributed by atoms with Gasteiger partial charge >= 0.3 is 5.97 Å². The molecule has 3 heteroatoms. The van der Waals surface area contributed by atoms with Gasteiger partial charge in [0.1, 0.15) is 6.11 Å². The molecule has 0 atom stereocenters. The van der Waals surface area contributed by atoms with E-state index in [-0.39, 0.29) is 13.0 Å². The number of aliphatic hydroxyl groups excluding tert-OH is 1. The summed E-state index contributed by atoms with van der Waals surface area (Å²) in [7, 11) is 0. The maximum absolute atomic E-state index is 10.4. The summed E-state index contributed by atoms with van der Waals surface area (Å²) in [6, 6.07) is 0. The molecule has 0 amide bonds. The summed E-state index contributed by atoms with van der Waals surface area (Å²) in [4.78, 5) is 10.4. The quantitative estimate of drug-likeness (QED) is 0.445. The molecule has 1 N–H and O–H groups in total. The summed E-state index contributed by atoms with van der Waals surface area (Å²) < 4.78 is 4.36. The van der Waals surface area contributed by atoms with Gasteiger partial charge in [-0.25, -0.2) is 0 Å². The SMILES string of the molecule is CCC#COC(=O)CCO. The molecular weight excluding hydrogens is 132 g/mol. The van der Waals surface area contributed by atoms with Crippen molar-refractivity contribution >= 4 is 5.97 Å². The Bertz CT molecular complexity index is 152. The van der Waals surface area contributed by atoms with Gasteiger partial charge in [0.05, 0.1) is 13.0 Å². The molecule has 0 aliphatic rings. The zero-order valence-electron chi connectivity index (χ0n) is 5.89. The van der Waals surface area contributed by atoms with Gasteiger partial charge in [-0.2, -0.15) is 0 Å².